The van der Waals surface area contributed by atoms with Gasteiger partial charge in [-0.3, -0.25) is 4.99 Å². The highest BCUT2D eigenvalue weighted by atomic mass is 127. The van der Waals surface area contributed by atoms with Crippen molar-refractivity contribution in [3.8, 4) is 0 Å². The van der Waals surface area contributed by atoms with Crippen LogP contribution in [-0.2, 0) is 11.3 Å². The van der Waals surface area contributed by atoms with Crippen molar-refractivity contribution < 1.29 is 4.74 Å². The Morgan fingerprint density at radius 2 is 2.26 bits per heavy atom. The van der Waals surface area contributed by atoms with Crippen LogP contribution >= 0.6 is 35.3 Å². The smallest absolute Gasteiger partial charge is 0.193 e. The summed E-state index contributed by atoms with van der Waals surface area (Å²) in [6.07, 6.45) is 1.18. The van der Waals surface area contributed by atoms with Crippen molar-refractivity contribution in [3.63, 3.8) is 0 Å². The molecule has 126 valence electrons. The zero-order valence-electron chi connectivity index (χ0n) is 13.6. The minimum Gasteiger partial charge on any atom is -0.384 e. The monoisotopic (exact) mass is 445 g/mol. The van der Waals surface area contributed by atoms with E-state index in [0.29, 0.717) is 5.92 Å². The molecule has 1 aliphatic rings. The van der Waals surface area contributed by atoms with E-state index in [4.69, 9.17) is 4.74 Å². The van der Waals surface area contributed by atoms with E-state index in [1.54, 1.807) is 18.4 Å². The van der Waals surface area contributed by atoms with Gasteiger partial charge in [0.15, 0.2) is 5.96 Å². The number of halogens is 1. The van der Waals surface area contributed by atoms with Crippen LogP contribution in [0.15, 0.2) is 34.6 Å². The standard InChI is InChI=1S/C17H23N3OS.HI/c1-18-17(20-8-7-13(10-20)11-21-2)19-9-14-12-22-16-6-4-3-5-15(14)16;/h3-6,12-13H,7-11H2,1-2H3,(H,18,19);1H. The van der Waals surface area contributed by atoms with Crippen LogP contribution in [0.25, 0.3) is 10.1 Å². The fourth-order valence-electron chi connectivity index (χ4n) is 3.07. The van der Waals surface area contributed by atoms with Gasteiger partial charge >= 0.3 is 0 Å². The third-order valence-corrected chi connectivity index (χ3v) is 5.21. The molecule has 0 bridgehead atoms. The van der Waals surface area contributed by atoms with Gasteiger partial charge in [-0.2, -0.15) is 0 Å². The van der Waals surface area contributed by atoms with Crippen LogP contribution in [0.4, 0.5) is 0 Å². The van der Waals surface area contributed by atoms with Crippen molar-refractivity contribution in [2.75, 3.05) is 33.9 Å². The quantitative estimate of drug-likeness (QED) is 0.444. The normalized spacial score (nSPS) is 18.3. The van der Waals surface area contributed by atoms with Crippen LogP contribution in [0.2, 0.25) is 0 Å². The molecule has 1 fully saturated rings. The first-order valence-electron chi connectivity index (χ1n) is 7.71. The van der Waals surface area contributed by atoms with E-state index < -0.39 is 0 Å². The number of ether oxygens (including phenoxy) is 1. The second kappa shape index (κ2) is 8.84. The third-order valence-electron chi connectivity index (χ3n) is 4.20. The molecule has 1 atom stereocenters. The van der Waals surface area contributed by atoms with Crippen LogP contribution in [0.1, 0.15) is 12.0 Å². The van der Waals surface area contributed by atoms with Crippen LogP contribution in [-0.4, -0.2) is 44.7 Å². The Hall–Kier alpha value is -0.860. The molecule has 0 radical (unpaired) electrons. The maximum atomic E-state index is 5.27. The predicted octanol–water partition coefficient (Wildman–Crippen LogP) is 3.56. The number of benzene rings is 1. The number of hydrogen-bond acceptors (Lipinski definition) is 3. The van der Waals surface area contributed by atoms with Crippen LogP contribution in [0.3, 0.4) is 0 Å². The van der Waals surface area contributed by atoms with Crippen molar-refractivity contribution >= 4 is 51.4 Å². The van der Waals surface area contributed by atoms with Gasteiger partial charge in [-0.25, -0.2) is 0 Å². The highest BCUT2D eigenvalue weighted by molar-refractivity contribution is 14.0. The Morgan fingerprint density at radius 3 is 3.04 bits per heavy atom. The van der Waals surface area contributed by atoms with Crippen LogP contribution in [0, 0.1) is 5.92 Å². The molecule has 0 saturated carbocycles. The number of hydrogen-bond donors (Lipinski definition) is 1. The summed E-state index contributed by atoms with van der Waals surface area (Å²) in [6, 6.07) is 8.56. The summed E-state index contributed by atoms with van der Waals surface area (Å²) < 4.78 is 6.61. The second-order valence-electron chi connectivity index (χ2n) is 5.71. The molecule has 2 heterocycles. The molecule has 1 N–H and O–H groups in total. The molecular formula is C17H24IN3OS. The summed E-state index contributed by atoms with van der Waals surface area (Å²) in [5, 5.41) is 7.09. The molecule has 2 aromatic rings. The molecule has 4 nitrogen and oxygen atoms in total. The third kappa shape index (κ3) is 4.36. The molecule has 1 aliphatic heterocycles. The molecular weight excluding hydrogens is 421 g/mol. The molecule has 0 amide bonds. The lowest BCUT2D eigenvalue weighted by atomic mass is 10.1. The Balaban J connectivity index is 0.00000192. The van der Waals surface area contributed by atoms with Gasteiger partial charge in [-0.15, -0.1) is 35.3 Å². The lowest BCUT2D eigenvalue weighted by molar-refractivity contribution is 0.157. The van der Waals surface area contributed by atoms with E-state index in [0.717, 1.165) is 32.2 Å². The van der Waals surface area contributed by atoms with Gasteiger partial charge in [0.25, 0.3) is 0 Å². The van der Waals surface area contributed by atoms with Crippen LogP contribution in [0.5, 0.6) is 0 Å². The molecule has 1 aromatic heterocycles. The van der Waals surface area contributed by atoms with E-state index in [1.165, 1.54) is 22.1 Å². The Bertz CT molecular complexity index is 658. The molecule has 6 heteroatoms. The number of aliphatic imine (C=N–C) groups is 1. The zero-order valence-corrected chi connectivity index (χ0v) is 16.8. The van der Waals surface area contributed by atoms with E-state index in [1.807, 2.05) is 7.05 Å². The molecule has 1 saturated heterocycles. The summed E-state index contributed by atoms with van der Waals surface area (Å²) in [5.74, 6) is 1.61. The number of nitrogens with one attached hydrogen (secondary N) is 1. The van der Waals surface area contributed by atoms with Gasteiger partial charge in [-0.1, -0.05) is 18.2 Å². The fraction of sp³-hybridized carbons (Fsp3) is 0.471. The van der Waals surface area contributed by atoms with Gasteiger partial charge in [0.1, 0.15) is 0 Å². The number of likely N-dealkylation sites (tertiary alicyclic amines) is 1. The molecule has 23 heavy (non-hydrogen) atoms. The lowest BCUT2D eigenvalue weighted by Gasteiger charge is -2.21. The molecule has 3 rings (SSSR count). The average Bonchev–Trinajstić information content (AvgIpc) is 3.16. The largest absolute Gasteiger partial charge is 0.384 e. The molecule has 0 aliphatic carbocycles. The Labute approximate surface area is 158 Å². The first kappa shape index (κ1) is 18.5. The molecule has 1 unspecified atom stereocenters. The van der Waals surface area contributed by atoms with Gasteiger partial charge in [-0.05, 0) is 28.8 Å². The van der Waals surface area contributed by atoms with Gasteiger partial charge in [0, 0.05) is 44.4 Å². The van der Waals surface area contributed by atoms with Crippen molar-refractivity contribution in [1.82, 2.24) is 10.2 Å². The van der Waals surface area contributed by atoms with Crippen LogP contribution < -0.4 is 5.32 Å². The predicted molar refractivity (Wildman–Crippen MR) is 109 cm³/mol. The Morgan fingerprint density at radius 1 is 1.43 bits per heavy atom. The zero-order chi connectivity index (χ0) is 15.4. The van der Waals surface area contributed by atoms with Crippen molar-refractivity contribution in [2.45, 2.75) is 13.0 Å². The van der Waals surface area contributed by atoms with E-state index in [-0.39, 0.29) is 24.0 Å². The minimum atomic E-state index is 0. The first-order valence-corrected chi connectivity index (χ1v) is 8.59. The van der Waals surface area contributed by atoms with E-state index in [9.17, 15) is 0 Å². The Kier molecular flexibility index (Phi) is 7.10. The SMILES string of the molecule is CN=C(NCc1csc2ccccc12)N1CCC(COC)C1.I. The number of fused-ring (bicyclic) bond motifs is 1. The number of rotatable bonds is 4. The summed E-state index contributed by atoms with van der Waals surface area (Å²) in [5.41, 5.74) is 1.34. The number of nitrogens with zero attached hydrogens (tertiary/aromatic N) is 2. The number of thiophene rings is 1. The highest BCUT2D eigenvalue weighted by Crippen LogP contribution is 2.25. The number of guanidine groups is 1. The van der Waals surface area contributed by atoms with E-state index >= 15 is 0 Å². The number of methoxy groups -OCH3 is 1. The fourth-order valence-corrected chi connectivity index (χ4v) is 4.04. The minimum absolute atomic E-state index is 0. The maximum absolute atomic E-state index is 5.27. The van der Waals surface area contributed by atoms with Crippen molar-refractivity contribution in [1.29, 1.82) is 0 Å². The second-order valence-corrected chi connectivity index (χ2v) is 6.63. The summed E-state index contributed by atoms with van der Waals surface area (Å²) in [6.45, 7) is 3.74. The molecule has 0 spiro atoms. The summed E-state index contributed by atoms with van der Waals surface area (Å²) in [4.78, 5) is 6.77. The molecule has 1 aromatic carbocycles. The summed E-state index contributed by atoms with van der Waals surface area (Å²) >= 11 is 1.80. The van der Waals surface area contributed by atoms with Gasteiger partial charge in [0.2, 0.25) is 0 Å². The lowest BCUT2D eigenvalue weighted by Crippen LogP contribution is -2.39. The van der Waals surface area contributed by atoms with Gasteiger partial charge < -0.3 is 15.0 Å². The van der Waals surface area contributed by atoms with E-state index in [2.05, 4.69) is 44.9 Å². The highest BCUT2D eigenvalue weighted by Gasteiger charge is 2.24. The van der Waals surface area contributed by atoms with Crippen molar-refractivity contribution in [3.05, 3.63) is 35.2 Å². The average molecular weight is 445 g/mol. The maximum Gasteiger partial charge on any atom is 0.193 e. The van der Waals surface area contributed by atoms with Crippen molar-refractivity contribution in [2.24, 2.45) is 10.9 Å². The van der Waals surface area contributed by atoms with Gasteiger partial charge in [0.05, 0.1) is 6.61 Å². The first-order chi connectivity index (χ1) is 10.8. The topological polar surface area (TPSA) is 36.9 Å². The summed E-state index contributed by atoms with van der Waals surface area (Å²) in [7, 11) is 3.63.